The molecule has 0 spiro atoms. The number of aromatic nitrogens is 3. The summed E-state index contributed by atoms with van der Waals surface area (Å²) in [7, 11) is 5.45. The van der Waals surface area contributed by atoms with Crippen LogP contribution in [0.5, 0.6) is 11.6 Å². The van der Waals surface area contributed by atoms with Gasteiger partial charge in [0.1, 0.15) is 17.4 Å². The van der Waals surface area contributed by atoms with Gasteiger partial charge in [-0.2, -0.15) is 13.2 Å². The third-order valence-corrected chi connectivity index (χ3v) is 6.87. The molecule has 0 radical (unpaired) electrons. The summed E-state index contributed by atoms with van der Waals surface area (Å²) in [6, 6.07) is 10.2. The van der Waals surface area contributed by atoms with Crippen molar-refractivity contribution in [3.8, 4) is 22.9 Å². The van der Waals surface area contributed by atoms with Gasteiger partial charge in [0.2, 0.25) is 5.88 Å². The zero-order valence-electron chi connectivity index (χ0n) is 24.5. The van der Waals surface area contributed by atoms with Crippen LogP contribution in [0.2, 0.25) is 5.02 Å². The normalized spacial score (nSPS) is 11.5. The SMILES string of the molecule is CCc1nccc(-c2cccnc2Oc2ccc(F)c(C(=O)Nc3cc(C(F)(F)F)cc(Cl)c3N(C)CCCN(C)C)c2)n1. The van der Waals surface area contributed by atoms with Crippen LogP contribution in [-0.4, -0.2) is 60.0 Å². The lowest BCUT2D eigenvalue weighted by Gasteiger charge is -2.26. The number of halogens is 5. The van der Waals surface area contributed by atoms with Gasteiger partial charge in [-0.15, -0.1) is 0 Å². The van der Waals surface area contributed by atoms with Crippen molar-refractivity contribution in [3.63, 3.8) is 0 Å². The molecule has 0 fully saturated rings. The molecule has 13 heteroatoms. The summed E-state index contributed by atoms with van der Waals surface area (Å²) in [5, 5.41) is 2.23. The zero-order chi connectivity index (χ0) is 32.0. The van der Waals surface area contributed by atoms with E-state index in [1.807, 2.05) is 25.9 Å². The molecule has 0 saturated heterocycles. The smallest absolute Gasteiger partial charge is 0.416 e. The Bertz CT molecular complexity index is 1630. The molecule has 0 saturated carbocycles. The largest absolute Gasteiger partial charge is 0.438 e. The number of benzene rings is 2. The number of aryl methyl sites for hydroxylation is 1. The molecule has 0 bridgehead atoms. The van der Waals surface area contributed by atoms with Crippen LogP contribution >= 0.6 is 11.6 Å². The van der Waals surface area contributed by atoms with Crippen LogP contribution in [0.3, 0.4) is 0 Å². The maximum absolute atomic E-state index is 15.0. The second kappa shape index (κ2) is 14.0. The summed E-state index contributed by atoms with van der Waals surface area (Å²) < 4.78 is 61.9. The van der Waals surface area contributed by atoms with Crippen molar-refractivity contribution in [3.05, 3.63) is 88.7 Å². The lowest BCUT2D eigenvalue weighted by Crippen LogP contribution is -2.25. The highest BCUT2D eigenvalue weighted by molar-refractivity contribution is 6.34. The second-order valence-corrected chi connectivity index (χ2v) is 10.6. The minimum Gasteiger partial charge on any atom is -0.438 e. The highest BCUT2D eigenvalue weighted by Crippen LogP contribution is 2.41. The number of amides is 1. The van der Waals surface area contributed by atoms with Crippen LogP contribution in [0.15, 0.2) is 60.9 Å². The number of alkyl halides is 3. The molecule has 2 aromatic heterocycles. The average Bonchev–Trinajstić information content (AvgIpc) is 2.97. The fraction of sp³-hybridized carbons (Fsp3) is 0.290. The van der Waals surface area contributed by atoms with E-state index >= 15 is 0 Å². The summed E-state index contributed by atoms with van der Waals surface area (Å²) in [6.07, 6.45) is -0.317. The number of hydrogen-bond acceptors (Lipinski definition) is 7. The molecule has 0 aliphatic heterocycles. The van der Waals surface area contributed by atoms with E-state index in [0.29, 0.717) is 36.5 Å². The molecule has 4 rings (SSSR count). The molecule has 0 atom stereocenters. The van der Waals surface area contributed by atoms with Crippen LogP contribution in [0, 0.1) is 5.82 Å². The predicted octanol–water partition coefficient (Wildman–Crippen LogP) is 7.34. The average molecular weight is 631 g/mol. The molecule has 8 nitrogen and oxygen atoms in total. The molecule has 2 aromatic carbocycles. The number of nitrogens with zero attached hydrogens (tertiary/aromatic N) is 5. The number of anilines is 2. The first-order chi connectivity index (χ1) is 20.9. The highest BCUT2D eigenvalue weighted by Gasteiger charge is 2.33. The summed E-state index contributed by atoms with van der Waals surface area (Å²) in [6.45, 7) is 3.07. The van der Waals surface area contributed by atoms with Crippen molar-refractivity contribution >= 4 is 28.9 Å². The number of pyridine rings is 1. The third-order valence-electron chi connectivity index (χ3n) is 6.59. The number of hydrogen-bond donors (Lipinski definition) is 1. The highest BCUT2D eigenvalue weighted by atomic mass is 35.5. The lowest BCUT2D eigenvalue weighted by molar-refractivity contribution is -0.137. The van der Waals surface area contributed by atoms with Crippen LogP contribution in [0.4, 0.5) is 28.9 Å². The molecule has 2 heterocycles. The summed E-state index contributed by atoms with van der Waals surface area (Å²) in [4.78, 5) is 29.9. The van der Waals surface area contributed by atoms with E-state index in [2.05, 4.69) is 20.3 Å². The van der Waals surface area contributed by atoms with Gasteiger partial charge >= 0.3 is 6.18 Å². The van der Waals surface area contributed by atoms with E-state index in [0.717, 1.165) is 30.8 Å². The van der Waals surface area contributed by atoms with Gasteiger partial charge in [-0.05, 0) is 75.6 Å². The molecular formula is C31H31ClF4N6O2. The maximum Gasteiger partial charge on any atom is 0.416 e. The predicted molar refractivity (Wildman–Crippen MR) is 162 cm³/mol. The fourth-order valence-electron chi connectivity index (χ4n) is 4.41. The zero-order valence-corrected chi connectivity index (χ0v) is 25.3. The van der Waals surface area contributed by atoms with E-state index in [4.69, 9.17) is 16.3 Å². The van der Waals surface area contributed by atoms with E-state index in [-0.39, 0.29) is 28.0 Å². The Hall–Kier alpha value is -4.29. The fourth-order valence-corrected chi connectivity index (χ4v) is 4.78. The Kier molecular flexibility index (Phi) is 10.4. The van der Waals surface area contributed by atoms with Gasteiger partial charge in [0.05, 0.1) is 38.8 Å². The van der Waals surface area contributed by atoms with Gasteiger partial charge < -0.3 is 19.9 Å². The van der Waals surface area contributed by atoms with Crippen molar-refractivity contribution in [1.29, 1.82) is 0 Å². The molecule has 0 unspecified atom stereocenters. The van der Waals surface area contributed by atoms with Gasteiger partial charge in [0.15, 0.2) is 0 Å². The molecule has 4 aromatic rings. The first-order valence-corrected chi connectivity index (χ1v) is 14.1. The topological polar surface area (TPSA) is 83.5 Å². The van der Waals surface area contributed by atoms with Crippen molar-refractivity contribution in [2.75, 3.05) is 44.4 Å². The molecule has 1 N–H and O–H groups in total. The minimum absolute atomic E-state index is 0.0735. The van der Waals surface area contributed by atoms with E-state index < -0.39 is 29.0 Å². The number of ether oxygens (including phenoxy) is 1. The molecule has 44 heavy (non-hydrogen) atoms. The van der Waals surface area contributed by atoms with Crippen molar-refractivity contribution < 1.29 is 27.1 Å². The first-order valence-electron chi connectivity index (χ1n) is 13.7. The number of nitrogens with one attached hydrogen (secondary N) is 1. The van der Waals surface area contributed by atoms with Gasteiger partial charge in [-0.25, -0.2) is 19.3 Å². The molecular weight excluding hydrogens is 600 g/mol. The third kappa shape index (κ3) is 8.00. The van der Waals surface area contributed by atoms with Crippen LogP contribution in [0.1, 0.15) is 35.1 Å². The lowest BCUT2D eigenvalue weighted by atomic mass is 10.1. The first kappa shape index (κ1) is 32.6. The summed E-state index contributed by atoms with van der Waals surface area (Å²) in [5.74, 6) is -1.05. The van der Waals surface area contributed by atoms with Gasteiger partial charge in [-0.3, -0.25) is 4.79 Å². The quantitative estimate of drug-likeness (QED) is 0.174. The molecule has 0 aliphatic rings. The van der Waals surface area contributed by atoms with Crippen molar-refractivity contribution in [2.24, 2.45) is 0 Å². The summed E-state index contributed by atoms with van der Waals surface area (Å²) >= 11 is 6.32. The maximum atomic E-state index is 15.0. The van der Waals surface area contributed by atoms with E-state index in [1.165, 1.54) is 12.3 Å². The number of rotatable bonds is 11. The molecule has 0 aliphatic carbocycles. The van der Waals surface area contributed by atoms with Gasteiger partial charge in [-0.1, -0.05) is 18.5 Å². The Morgan fingerprint density at radius 2 is 1.80 bits per heavy atom. The molecule has 1 amide bonds. The Morgan fingerprint density at radius 1 is 1.02 bits per heavy atom. The van der Waals surface area contributed by atoms with Crippen LogP contribution in [0.25, 0.3) is 11.3 Å². The molecule has 232 valence electrons. The van der Waals surface area contributed by atoms with Crippen molar-refractivity contribution in [2.45, 2.75) is 25.9 Å². The van der Waals surface area contributed by atoms with Crippen molar-refractivity contribution in [1.82, 2.24) is 19.9 Å². The Balaban J connectivity index is 1.65. The van der Waals surface area contributed by atoms with E-state index in [9.17, 15) is 22.4 Å². The van der Waals surface area contributed by atoms with Crippen LogP contribution in [-0.2, 0) is 12.6 Å². The Labute approximate surface area is 257 Å². The number of carbonyl (C=O) groups excluding carboxylic acids is 1. The minimum atomic E-state index is -4.73. The van der Waals surface area contributed by atoms with Gasteiger partial charge in [0, 0.05) is 32.4 Å². The second-order valence-electron chi connectivity index (χ2n) is 10.2. The standard InChI is InChI=1S/C31H31ClF4N6O2/c1-5-27-37-13-11-25(39-27)21-8-6-12-38-30(21)44-20-9-10-24(33)22(18-20)29(43)40-26-17-19(31(34,35)36)16-23(32)28(26)42(4)15-7-14-41(2)3/h6,8-13,16-18H,5,7,14-15H2,1-4H3,(H,40,43). The monoisotopic (exact) mass is 630 g/mol. The van der Waals surface area contributed by atoms with Gasteiger partial charge in [0.25, 0.3) is 5.91 Å². The van der Waals surface area contributed by atoms with Crippen LogP contribution < -0.4 is 15.0 Å². The van der Waals surface area contributed by atoms with E-state index in [1.54, 1.807) is 36.3 Å². The Morgan fingerprint density at radius 3 is 2.50 bits per heavy atom. The summed E-state index contributed by atoms with van der Waals surface area (Å²) in [5.41, 5.74) is -0.446. The number of carbonyl (C=O) groups is 1.